The van der Waals surface area contributed by atoms with E-state index in [4.69, 9.17) is 0 Å². The highest BCUT2D eigenvalue weighted by Crippen LogP contribution is 2.28. The number of rotatable bonds is 2. The van der Waals surface area contributed by atoms with Crippen LogP contribution in [0.5, 0.6) is 0 Å². The van der Waals surface area contributed by atoms with Crippen LogP contribution in [0.1, 0.15) is 38.3 Å². The molecule has 0 radical (unpaired) electrons. The lowest BCUT2D eigenvalue weighted by Crippen LogP contribution is -2.47. The predicted octanol–water partition coefficient (Wildman–Crippen LogP) is 2.66. The van der Waals surface area contributed by atoms with Crippen LogP contribution in [0.4, 0.5) is 5.69 Å². The highest BCUT2D eigenvalue weighted by Gasteiger charge is 2.30. The van der Waals surface area contributed by atoms with Gasteiger partial charge in [0.15, 0.2) is 0 Å². The van der Waals surface area contributed by atoms with E-state index < -0.39 is 0 Å². The van der Waals surface area contributed by atoms with Crippen molar-refractivity contribution < 1.29 is 4.79 Å². The molecule has 1 heterocycles. The summed E-state index contributed by atoms with van der Waals surface area (Å²) in [5.74, 6) is 0.224. The molecule has 104 valence electrons. The van der Waals surface area contributed by atoms with Gasteiger partial charge in [0.05, 0.1) is 0 Å². The monoisotopic (exact) mass is 260 g/mol. The number of hydrogen-bond donors (Lipinski definition) is 1. The second-order valence-corrected chi connectivity index (χ2v) is 5.98. The Morgan fingerprint density at radius 1 is 1.37 bits per heavy atom. The summed E-state index contributed by atoms with van der Waals surface area (Å²) >= 11 is 0. The van der Waals surface area contributed by atoms with Crippen LogP contribution in [0, 0.1) is 6.92 Å². The van der Waals surface area contributed by atoms with E-state index in [2.05, 4.69) is 51.2 Å². The molecule has 0 atom stereocenters. The van der Waals surface area contributed by atoms with Crippen LogP contribution in [0.3, 0.4) is 0 Å². The Balaban J connectivity index is 2.46. The number of amides is 1. The van der Waals surface area contributed by atoms with E-state index in [1.807, 2.05) is 4.90 Å². The highest BCUT2D eigenvalue weighted by atomic mass is 16.2. The molecule has 1 aliphatic heterocycles. The average Bonchev–Trinajstić information content (AvgIpc) is 2.48. The zero-order valence-corrected chi connectivity index (χ0v) is 12.4. The van der Waals surface area contributed by atoms with Crippen LogP contribution >= 0.6 is 0 Å². The molecule has 0 spiro atoms. The second-order valence-electron chi connectivity index (χ2n) is 5.98. The minimum Gasteiger partial charge on any atom is -0.310 e. The van der Waals surface area contributed by atoms with Crippen molar-refractivity contribution in [3.8, 4) is 0 Å². The first-order valence-electron chi connectivity index (χ1n) is 7.08. The SMILES string of the molecule is CCc1cccc(C)c1N1CC(C)(C)NCCC1=O. The maximum atomic E-state index is 12.4. The fourth-order valence-corrected chi connectivity index (χ4v) is 2.78. The van der Waals surface area contributed by atoms with Crippen LogP contribution in [-0.4, -0.2) is 24.5 Å². The first-order valence-corrected chi connectivity index (χ1v) is 7.08. The fraction of sp³-hybridized carbons (Fsp3) is 0.562. The van der Waals surface area contributed by atoms with Crippen molar-refractivity contribution >= 4 is 11.6 Å². The lowest BCUT2D eigenvalue weighted by Gasteiger charge is -2.32. The van der Waals surface area contributed by atoms with Gasteiger partial charge in [-0.1, -0.05) is 25.1 Å². The first kappa shape index (κ1) is 14.1. The van der Waals surface area contributed by atoms with E-state index in [1.165, 1.54) is 11.1 Å². The van der Waals surface area contributed by atoms with Crippen molar-refractivity contribution in [2.24, 2.45) is 0 Å². The number of nitrogens with one attached hydrogen (secondary N) is 1. The Morgan fingerprint density at radius 3 is 2.79 bits per heavy atom. The predicted molar refractivity (Wildman–Crippen MR) is 79.6 cm³/mol. The van der Waals surface area contributed by atoms with E-state index in [0.29, 0.717) is 6.42 Å². The van der Waals surface area contributed by atoms with Crippen LogP contribution in [-0.2, 0) is 11.2 Å². The minimum atomic E-state index is -0.0422. The number of hydrogen-bond acceptors (Lipinski definition) is 2. The Labute approximate surface area is 116 Å². The third kappa shape index (κ3) is 2.98. The van der Waals surface area contributed by atoms with Gasteiger partial charge < -0.3 is 10.2 Å². The Kier molecular flexibility index (Phi) is 3.95. The van der Waals surface area contributed by atoms with Crippen LogP contribution in [0.2, 0.25) is 0 Å². The molecule has 1 fully saturated rings. The molecule has 19 heavy (non-hydrogen) atoms. The van der Waals surface area contributed by atoms with Crippen molar-refractivity contribution in [2.75, 3.05) is 18.0 Å². The molecule has 1 aromatic rings. The van der Waals surface area contributed by atoms with Crippen molar-refractivity contribution in [3.63, 3.8) is 0 Å². The van der Waals surface area contributed by atoms with E-state index in [-0.39, 0.29) is 11.4 Å². The van der Waals surface area contributed by atoms with Crippen LogP contribution < -0.4 is 10.2 Å². The number of nitrogens with zero attached hydrogens (tertiary/aromatic N) is 1. The Hall–Kier alpha value is -1.35. The zero-order chi connectivity index (χ0) is 14.0. The molecule has 1 N–H and O–H groups in total. The van der Waals surface area contributed by atoms with Gasteiger partial charge in [0, 0.05) is 30.7 Å². The summed E-state index contributed by atoms with van der Waals surface area (Å²) in [7, 11) is 0. The van der Waals surface area contributed by atoms with E-state index in [1.54, 1.807) is 0 Å². The summed E-state index contributed by atoms with van der Waals surface area (Å²) in [6.45, 7) is 10.0. The number of anilines is 1. The summed E-state index contributed by atoms with van der Waals surface area (Å²) in [4.78, 5) is 14.4. The van der Waals surface area contributed by atoms with Gasteiger partial charge in [-0.2, -0.15) is 0 Å². The smallest absolute Gasteiger partial charge is 0.228 e. The molecule has 1 aliphatic rings. The highest BCUT2D eigenvalue weighted by molar-refractivity contribution is 5.95. The van der Waals surface area contributed by atoms with Crippen molar-refractivity contribution in [1.82, 2.24) is 5.32 Å². The molecule has 0 saturated carbocycles. The summed E-state index contributed by atoms with van der Waals surface area (Å²) in [5, 5.41) is 3.45. The number of aryl methyl sites for hydroxylation is 2. The normalized spacial score (nSPS) is 19.4. The molecule has 0 aromatic heterocycles. The number of para-hydroxylation sites is 1. The fourth-order valence-electron chi connectivity index (χ4n) is 2.78. The van der Waals surface area contributed by atoms with Gasteiger partial charge in [0.2, 0.25) is 5.91 Å². The molecule has 0 unspecified atom stereocenters. The second kappa shape index (κ2) is 5.33. The van der Waals surface area contributed by atoms with E-state index >= 15 is 0 Å². The molecular weight excluding hydrogens is 236 g/mol. The van der Waals surface area contributed by atoms with Gasteiger partial charge in [0.25, 0.3) is 0 Å². The topological polar surface area (TPSA) is 32.3 Å². The number of benzene rings is 1. The minimum absolute atomic E-state index is 0.0422. The van der Waals surface area contributed by atoms with E-state index in [0.717, 1.165) is 25.2 Å². The molecule has 3 heteroatoms. The maximum absolute atomic E-state index is 12.4. The van der Waals surface area contributed by atoms with Gasteiger partial charge in [-0.25, -0.2) is 0 Å². The quantitative estimate of drug-likeness (QED) is 0.886. The molecule has 0 aliphatic carbocycles. The van der Waals surface area contributed by atoms with Gasteiger partial charge in [-0.3, -0.25) is 4.79 Å². The molecular formula is C16H24N2O. The lowest BCUT2D eigenvalue weighted by atomic mass is 10.0. The molecule has 1 aromatic carbocycles. The maximum Gasteiger partial charge on any atom is 0.228 e. The molecule has 2 rings (SSSR count). The Bertz CT molecular complexity index is 480. The largest absolute Gasteiger partial charge is 0.310 e. The molecule has 1 amide bonds. The lowest BCUT2D eigenvalue weighted by molar-refractivity contribution is -0.118. The molecule has 3 nitrogen and oxygen atoms in total. The molecule has 0 bridgehead atoms. The van der Waals surface area contributed by atoms with Crippen LogP contribution in [0.15, 0.2) is 18.2 Å². The van der Waals surface area contributed by atoms with Gasteiger partial charge in [-0.15, -0.1) is 0 Å². The van der Waals surface area contributed by atoms with Crippen LogP contribution in [0.25, 0.3) is 0 Å². The van der Waals surface area contributed by atoms with Gasteiger partial charge in [-0.05, 0) is 38.3 Å². The third-order valence-corrected chi connectivity index (χ3v) is 3.77. The average molecular weight is 260 g/mol. The third-order valence-electron chi connectivity index (χ3n) is 3.77. The molecule has 1 saturated heterocycles. The standard InChI is InChI=1S/C16H24N2O/c1-5-13-8-6-7-12(2)15(13)18-11-16(3,4)17-10-9-14(18)19/h6-8,17H,5,9-11H2,1-4H3. The van der Waals surface area contributed by atoms with E-state index in [9.17, 15) is 4.79 Å². The summed E-state index contributed by atoms with van der Waals surface area (Å²) in [6, 6.07) is 6.29. The van der Waals surface area contributed by atoms with Gasteiger partial charge in [0.1, 0.15) is 0 Å². The summed E-state index contributed by atoms with van der Waals surface area (Å²) in [5.41, 5.74) is 3.52. The van der Waals surface area contributed by atoms with Crippen molar-refractivity contribution in [1.29, 1.82) is 0 Å². The summed E-state index contributed by atoms with van der Waals surface area (Å²) in [6.07, 6.45) is 1.52. The zero-order valence-electron chi connectivity index (χ0n) is 12.4. The van der Waals surface area contributed by atoms with Gasteiger partial charge >= 0.3 is 0 Å². The Morgan fingerprint density at radius 2 is 2.11 bits per heavy atom. The number of carbonyl (C=O) groups excluding carboxylic acids is 1. The van der Waals surface area contributed by atoms with Crippen molar-refractivity contribution in [3.05, 3.63) is 29.3 Å². The summed E-state index contributed by atoms with van der Waals surface area (Å²) < 4.78 is 0. The number of carbonyl (C=O) groups is 1. The first-order chi connectivity index (χ1) is 8.94. The van der Waals surface area contributed by atoms with Crippen molar-refractivity contribution in [2.45, 2.75) is 46.1 Å².